The minimum atomic E-state index is -4.21. The van der Waals surface area contributed by atoms with Crippen molar-refractivity contribution in [3.63, 3.8) is 0 Å². The lowest BCUT2D eigenvalue weighted by molar-refractivity contribution is -0.140. The number of hydrogen-bond acceptors (Lipinski definition) is 4. The number of sulfonamides is 1. The molecule has 1 aliphatic carbocycles. The van der Waals surface area contributed by atoms with Crippen molar-refractivity contribution >= 4 is 50.7 Å². The van der Waals surface area contributed by atoms with E-state index < -0.39 is 28.5 Å². The summed E-state index contributed by atoms with van der Waals surface area (Å²) in [6.07, 6.45) is 5.22. The third-order valence-electron chi connectivity index (χ3n) is 8.47. The molecule has 4 aromatic rings. The molecule has 1 saturated carbocycles. The molecule has 1 fully saturated rings. The van der Waals surface area contributed by atoms with E-state index in [1.165, 1.54) is 23.1 Å². The molecule has 0 aromatic heterocycles. The van der Waals surface area contributed by atoms with E-state index in [0.29, 0.717) is 10.0 Å². The first-order valence-electron chi connectivity index (χ1n) is 15.8. The fourth-order valence-electron chi connectivity index (χ4n) is 5.88. The zero-order valence-electron chi connectivity index (χ0n) is 26.3. The van der Waals surface area contributed by atoms with Crippen LogP contribution >= 0.6 is 23.2 Å². The van der Waals surface area contributed by atoms with Gasteiger partial charge in [0.2, 0.25) is 11.8 Å². The lowest BCUT2D eigenvalue weighted by atomic mass is 9.94. The molecule has 0 unspecified atom stereocenters. The number of carbonyl (C=O) groups excluding carboxylic acids is 2. The maximum Gasteiger partial charge on any atom is 0.264 e. The molecule has 1 aliphatic rings. The highest BCUT2D eigenvalue weighted by atomic mass is 35.5. The number of nitrogens with zero attached hydrogens (tertiary/aromatic N) is 2. The van der Waals surface area contributed by atoms with Crippen LogP contribution in [0.3, 0.4) is 0 Å². The molecule has 5 rings (SSSR count). The van der Waals surface area contributed by atoms with Crippen LogP contribution in [0.4, 0.5) is 5.69 Å². The molecule has 4 aromatic carbocycles. The molecule has 1 atom stereocenters. The van der Waals surface area contributed by atoms with Gasteiger partial charge in [0, 0.05) is 29.1 Å². The second kappa shape index (κ2) is 15.8. The van der Waals surface area contributed by atoms with Crippen molar-refractivity contribution in [3.05, 3.63) is 130 Å². The van der Waals surface area contributed by atoms with Crippen molar-refractivity contribution in [1.82, 2.24) is 10.2 Å². The number of benzene rings is 4. The lowest BCUT2D eigenvalue weighted by Crippen LogP contribution is -2.55. The Kier molecular flexibility index (Phi) is 11.6. The molecule has 47 heavy (non-hydrogen) atoms. The molecule has 10 heteroatoms. The summed E-state index contributed by atoms with van der Waals surface area (Å²) in [4.78, 5) is 30.3. The second-order valence-corrected chi connectivity index (χ2v) is 14.7. The van der Waals surface area contributed by atoms with Gasteiger partial charge in [0.1, 0.15) is 12.6 Å². The van der Waals surface area contributed by atoms with Crippen LogP contribution in [-0.2, 0) is 32.6 Å². The molecule has 7 nitrogen and oxygen atoms in total. The highest BCUT2D eigenvalue weighted by molar-refractivity contribution is 7.92. The van der Waals surface area contributed by atoms with Gasteiger partial charge in [-0.05, 0) is 73.4 Å². The van der Waals surface area contributed by atoms with Crippen molar-refractivity contribution in [2.75, 3.05) is 10.8 Å². The fraction of sp³-hybridized carbons (Fsp3) is 0.297. The van der Waals surface area contributed by atoms with Crippen molar-refractivity contribution in [3.8, 4) is 0 Å². The van der Waals surface area contributed by atoms with Gasteiger partial charge in [0.15, 0.2) is 0 Å². The Morgan fingerprint density at radius 1 is 0.809 bits per heavy atom. The Bertz CT molecular complexity index is 1760. The molecule has 0 bridgehead atoms. The van der Waals surface area contributed by atoms with Gasteiger partial charge >= 0.3 is 0 Å². The first-order chi connectivity index (χ1) is 22.6. The molecule has 0 spiro atoms. The van der Waals surface area contributed by atoms with E-state index >= 15 is 0 Å². The summed E-state index contributed by atoms with van der Waals surface area (Å²) in [7, 11) is -4.21. The maximum atomic E-state index is 14.6. The average Bonchev–Trinajstić information content (AvgIpc) is 3.07. The van der Waals surface area contributed by atoms with Crippen LogP contribution in [-0.4, -0.2) is 43.8 Å². The minimum Gasteiger partial charge on any atom is -0.352 e. The Morgan fingerprint density at radius 3 is 2.15 bits per heavy atom. The first kappa shape index (κ1) is 34.5. The first-order valence-corrected chi connectivity index (χ1v) is 18.0. The van der Waals surface area contributed by atoms with Gasteiger partial charge < -0.3 is 10.2 Å². The Balaban J connectivity index is 1.56. The van der Waals surface area contributed by atoms with E-state index in [9.17, 15) is 18.0 Å². The zero-order chi connectivity index (χ0) is 33.4. The number of hydrogen-bond donors (Lipinski definition) is 1. The van der Waals surface area contributed by atoms with Crippen molar-refractivity contribution in [1.29, 1.82) is 0 Å². The predicted molar refractivity (Wildman–Crippen MR) is 188 cm³/mol. The highest BCUT2D eigenvalue weighted by Crippen LogP contribution is 2.28. The van der Waals surface area contributed by atoms with E-state index in [0.717, 1.165) is 53.1 Å². The number of nitrogens with one attached hydrogen (secondary N) is 1. The zero-order valence-corrected chi connectivity index (χ0v) is 28.6. The van der Waals surface area contributed by atoms with Crippen LogP contribution in [0.15, 0.2) is 108 Å². The maximum absolute atomic E-state index is 14.6. The smallest absolute Gasteiger partial charge is 0.264 e. The monoisotopic (exact) mass is 691 g/mol. The molecular formula is C37H39Cl2N3O4S. The Morgan fingerprint density at radius 2 is 1.49 bits per heavy atom. The van der Waals surface area contributed by atoms with Gasteiger partial charge in [-0.1, -0.05) is 109 Å². The predicted octanol–water partition coefficient (Wildman–Crippen LogP) is 7.59. The van der Waals surface area contributed by atoms with Gasteiger partial charge in [-0.2, -0.15) is 0 Å². The molecule has 1 N–H and O–H groups in total. The molecule has 0 heterocycles. The van der Waals surface area contributed by atoms with E-state index in [-0.39, 0.29) is 35.5 Å². The van der Waals surface area contributed by atoms with Crippen molar-refractivity contribution in [2.45, 2.75) is 69.0 Å². The number of aryl methyl sites for hydroxylation is 1. The number of amides is 2. The molecule has 246 valence electrons. The topological polar surface area (TPSA) is 86.8 Å². The molecule has 2 amide bonds. The summed E-state index contributed by atoms with van der Waals surface area (Å²) in [5.74, 6) is -0.797. The summed E-state index contributed by atoms with van der Waals surface area (Å²) in [6, 6.07) is 28.6. The SMILES string of the molecule is Cc1ccc(S(=O)(=O)N(CC(=O)N(Cc2ccc(Cl)cc2)[C@H](Cc2ccccc2)C(=O)NC2CCCCC2)c2cccc(Cl)c2)cc1. The summed E-state index contributed by atoms with van der Waals surface area (Å²) in [6.45, 7) is 1.39. The number of anilines is 1. The van der Waals surface area contributed by atoms with Gasteiger partial charge in [0.05, 0.1) is 10.6 Å². The molecule has 0 radical (unpaired) electrons. The number of halogens is 2. The van der Waals surface area contributed by atoms with Gasteiger partial charge in [-0.3, -0.25) is 13.9 Å². The number of carbonyl (C=O) groups is 2. The van der Waals surface area contributed by atoms with Crippen LogP contribution < -0.4 is 9.62 Å². The van der Waals surface area contributed by atoms with Gasteiger partial charge in [0.25, 0.3) is 10.0 Å². The third-order valence-corrected chi connectivity index (χ3v) is 10.7. The van der Waals surface area contributed by atoms with E-state index in [1.54, 1.807) is 54.6 Å². The third kappa shape index (κ3) is 9.15. The molecule has 0 saturated heterocycles. The van der Waals surface area contributed by atoms with E-state index in [4.69, 9.17) is 23.2 Å². The fourth-order valence-corrected chi connectivity index (χ4v) is 7.60. The van der Waals surface area contributed by atoms with E-state index in [1.807, 2.05) is 37.3 Å². The molecular weight excluding hydrogens is 653 g/mol. The normalized spacial score (nSPS) is 14.3. The van der Waals surface area contributed by atoms with Crippen LogP contribution in [0.5, 0.6) is 0 Å². The summed E-state index contributed by atoms with van der Waals surface area (Å²) in [5.41, 5.74) is 2.77. The second-order valence-electron chi connectivity index (χ2n) is 12.0. The number of rotatable bonds is 12. The van der Waals surface area contributed by atoms with Gasteiger partial charge in [-0.15, -0.1) is 0 Å². The van der Waals surface area contributed by atoms with Gasteiger partial charge in [-0.25, -0.2) is 8.42 Å². The Hall–Kier alpha value is -3.85. The van der Waals surface area contributed by atoms with Crippen LogP contribution in [0.2, 0.25) is 10.0 Å². The minimum absolute atomic E-state index is 0.0203. The summed E-state index contributed by atoms with van der Waals surface area (Å²) < 4.78 is 29.4. The summed E-state index contributed by atoms with van der Waals surface area (Å²) in [5, 5.41) is 4.09. The average molecular weight is 693 g/mol. The summed E-state index contributed by atoms with van der Waals surface area (Å²) >= 11 is 12.5. The quantitative estimate of drug-likeness (QED) is 0.166. The van der Waals surface area contributed by atoms with Crippen LogP contribution in [0.1, 0.15) is 48.8 Å². The standard InChI is InChI=1S/C37H39Cl2N3O4S/c1-27-15-21-34(22-16-27)47(45,46)42(33-14-8-11-31(39)24-33)26-36(43)41(25-29-17-19-30(38)20-18-29)35(23-28-9-4-2-5-10-28)37(44)40-32-12-6-3-7-13-32/h2,4-5,8-11,14-22,24,32,35H,3,6-7,12-13,23,25-26H2,1H3,(H,40,44)/t35-/m1/s1. The lowest BCUT2D eigenvalue weighted by Gasteiger charge is -2.35. The van der Waals surface area contributed by atoms with Crippen LogP contribution in [0, 0.1) is 6.92 Å². The Labute approximate surface area is 287 Å². The molecule has 0 aliphatic heterocycles. The van der Waals surface area contributed by atoms with E-state index in [2.05, 4.69) is 5.32 Å². The highest BCUT2D eigenvalue weighted by Gasteiger charge is 2.35. The van der Waals surface area contributed by atoms with Crippen molar-refractivity contribution < 1.29 is 18.0 Å². The van der Waals surface area contributed by atoms with Crippen molar-refractivity contribution in [2.24, 2.45) is 0 Å². The van der Waals surface area contributed by atoms with Crippen LogP contribution in [0.25, 0.3) is 0 Å². The largest absolute Gasteiger partial charge is 0.352 e.